The van der Waals surface area contributed by atoms with Crippen molar-refractivity contribution in [1.29, 1.82) is 0 Å². The lowest BCUT2D eigenvalue weighted by molar-refractivity contribution is -0.119. The van der Waals surface area contributed by atoms with Crippen molar-refractivity contribution in [3.63, 3.8) is 0 Å². The quantitative estimate of drug-likeness (QED) is 0.832. The van der Waals surface area contributed by atoms with Gasteiger partial charge in [-0.15, -0.1) is 0 Å². The highest BCUT2D eigenvalue weighted by molar-refractivity contribution is 5.75. The zero-order valence-electron chi connectivity index (χ0n) is 10.7. The number of carbonyl (C=O) groups excluding carboxylic acids is 2. The maximum Gasteiger partial charge on any atom is 0.217 e. The number of carbonyl (C=O) groups is 2. The first-order valence-electron chi connectivity index (χ1n) is 6.51. The van der Waals surface area contributed by atoms with Crippen molar-refractivity contribution in [2.45, 2.75) is 44.6 Å². The maximum atomic E-state index is 11.1. The summed E-state index contributed by atoms with van der Waals surface area (Å²) in [4.78, 5) is 21.9. The molecule has 1 fully saturated rings. The van der Waals surface area contributed by atoms with Crippen molar-refractivity contribution >= 4 is 12.2 Å². The van der Waals surface area contributed by atoms with E-state index >= 15 is 0 Å². The van der Waals surface area contributed by atoms with Crippen molar-refractivity contribution in [3.8, 4) is 0 Å². The van der Waals surface area contributed by atoms with Gasteiger partial charge in [0.2, 0.25) is 5.91 Å². The van der Waals surface area contributed by atoms with Gasteiger partial charge in [-0.25, -0.2) is 0 Å². The smallest absolute Gasteiger partial charge is 0.217 e. The number of aldehydes is 1. The predicted octanol–water partition coefficient (Wildman–Crippen LogP) is 2.66. The summed E-state index contributed by atoms with van der Waals surface area (Å²) in [5, 5.41) is 3.00. The highest BCUT2D eigenvalue weighted by atomic mass is 16.1. The molecule has 1 aromatic carbocycles. The Morgan fingerprint density at radius 1 is 1.39 bits per heavy atom. The van der Waals surface area contributed by atoms with Gasteiger partial charge in [0.1, 0.15) is 6.29 Å². The van der Waals surface area contributed by atoms with Crippen LogP contribution in [0.1, 0.15) is 54.4 Å². The van der Waals surface area contributed by atoms with Gasteiger partial charge in [0.15, 0.2) is 0 Å². The number of nitrogens with one attached hydrogen (secondary N) is 1. The average molecular weight is 245 g/mol. The Balaban J connectivity index is 2.07. The number of benzene rings is 1. The molecule has 0 radical (unpaired) electrons. The van der Waals surface area contributed by atoms with Gasteiger partial charge < -0.3 is 5.32 Å². The Hall–Kier alpha value is -1.64. The van der Waals surface area contributed by atoms with Crippen molar-refractivity contribution in [3.05, 3.63) is 35.4 Å². The van der Waals surface area contributed by atoms with Gasteiger partial charge in [-0.05, 0) is 36.8 Å². The van der Waals surface area contributed by atoms with E-state index < -0.39 is 0 Å². The predicted molar refractivity (Wildman–Crippen MR) is 70.6 cm³/mol. The molecule has 0 saturated heterocycles. The molecule has 1 saturated carbocycles. The largest absolute Gasteiger partial charge is 0.354 e. The fourth-order valence-corrected chi connectivity index (χ4v) is 2.80. The summed E-state index contributed by atoms with van der Waals surface area (Å²) in [6, 6.07) is 8.08. The molecule has 18 heavy (non-hydrogen) atoms. The van der Waals surface area contributed by atoms with Gasteiger partial charge in [-0.2, -0.15) is 0 Å². The van der Waals surface area contributed by atoms with Crippen LogP contribution in [-0.2, 0) is 4.79 Å². The van der Waals surface area contributed by atoms with Gasteiger partial charge >= 0.3 is 0 Å². The Bertz CT molecular complexity index is 442. The van der Waals surface area contributed by atoms with Crippen molar-refractivity contribution in [2.75, 3.05) is 0 Å². The Kier molecular flexibility index (Phi) is 4.13. The molecule has 1 N–H and O–H groups in total. The van der Waals surface area contributed by atoms with Gasteiger partial charge in [-0.1, -0.05) is 24.6 Å². The summed E-state index contributed by atoms with van der Waals surface area (Å²) in [5.74, 6) is 0.498. The molecule has 1 aliphatic rings. The van der Waals surface area contributed by atoms with Crippen LogP contribution in [0.4, 0.5) is 0 Å². The van der Waals surface area contributed by atoms with E-state index in [0.29, 0.717) is 5.92 Å². The number of hydrogen-bond donors (Lipinski definition) is 1. The second-order valence-corrected chi connectivity index (χ2v) is 5.05. The topological polar surface area (TPSA) is 46.2 Å². The van der Waals surface area contributed by atoms with Gasteiger partial charge in [-0.3, -0.25) is 9.59 Å². The first kappa shape index (κ1) is 12.8. The fraction of sp³-hybridized carbons (Fsp3) is 0.467. The van der Waals surface area contributed by atoms with Gasteiger partial charge in [0.25, 0.3) is 0 Å². The van der Waals surface area contributed by atoms with Crippen LogP contribution < -0.4 is 5.32 Å². The first-order chi connectivity index (χ1) is 8.69. The van der Waals surface area contributed by atoms with Crippen LogP contribution in [-0.4, -0.2) is 18.2 Å². The van der Waals surface area contributed by atoms with E-state index in [1.54, 1.807) is 6.92 Å². The lowest BCUT2D eigenvalue weighted by Gasteiger charge is -2.29. The standard InChI is InChI=1S/C15H19NO2/c1-11(18)16-15-7-3-6-14(9-15)13-5-2-4-12(8-13)10-17/h2,4-5,8,10,14-15H,3,6-7,9H2,1H3,(H,16,18)/t14-,15+/m1/s1. The summed E-state index contributed by atoms with van der Waals surface area (Å²) in [7, 11) is 0. The molecule has 0 unspecified atom stereocenters. The maximum absolute atomic E-state index is 11.1. The fourth-order valence-electron chi connectivity index (χ4n) is 2.80. The molecule has 2 atom stereocenters. The molecule has 96 valence electrons. The van der Waals surface area contributed by atoms with E-state index in [4.69, 9.17) is 0 Å². The van der Waals surface area contributed by atoms with Crippen LogP contribution in [0.15, 0.2) is 24.3 Å². The summed E-state index contributed by atoms with van der Waals surface area (Å²) < 4.78 is 0. The normalized spacial score (nSPS) is 23.4. The highest BCUT2D eigenvalue weighted by Crippen LogP contribution is 2.33. The second kappa shape index (κ2) is 5.80. The van der Waals surface area contributed by atoms with Crippen molar-refractivity contribution < 1.29 is 9.59 Å². The van der Waals surface area contributed by atoms with E-state index in [1.165, 1.54) is 5.56 Å². The molecule has 0 heterocycles. The molecule has 1 aromatic rings. The van der Waals surface area contributed by atoms with Gasteiger partial charge in [0, 0.05) is 18.5 Å². The first-order valence-corrected chi connectivity index (χ1v) is 6.51. The molecule has 0 bridgehead atoms. The van der Waals surface area contributed by atoms with Crippen LogP contribution in [0.25, 0.3) is 0 Å². The molecule has 0 aromatic heterocycles. The Labute approximate surface area is 108 Å². The Morgan fingerprint density at radius 2 is 2.22 bits per heavy atom. The van der Waals surface area contributed by atoms with E-state index in [1.807, 2.05) is 18.2 Å². The number of amides is 1. The zero-order valence-corrected chi connectivity index (χ0v) is 10.7. The lowest BCUT2D eigenvalue weighted by Crippen LogP contribution is -2.36. The van der Waals surface area contributed by atoms with Crippen molar-refractivity contribution in [2.24, 2.45) is 0 Å². The summed E-state index contributed by atoms with van der Waals surface area (Å²) in [6.45, 7) is 1.57. The van der Waals surface area contributed by atoms with E-state index in [0.717, 1.165) is 37.5 Å². The molecular formula is C15H19NO2. The van der Waals surface area contributed by atoms with E-state index in [2.05, 4.69) is 11.4 Å². The minimum absolute atomic E-state index is 0.0438. The van der Waals surface area contributed by atoms with Crippen LogP contribution in [0.2, 0.25) is 0 Å². The molecule has 3 nitrogen and oxygen atoms in total. The molecule has 3 heteroatoms. The second-order valence-electron chi connectivity index (χ2n) is 5.05. The highest BCUT2D eigenvalue weighted by Gasteiger charge is 2.23. The van der Waals surface area contributed by atoms with Crippen LogP contribution in [0.3, 0.4) is 0 Å². The summed E-state index contributed by atoms with van der Waals surface area (Å²) in [5.41, 5.74) is 1.95. The molecule has 1 amide bonds. The SMILES string of the molecule is CC(=O)N[C@H]1CCC[C@@H](c2cccc(C=O)c2)C1. The molecule has 0 spiro atoms. The van der Waals surface area contributed by atoms with Gasteiger partial charge in [0.05, 0.1) is 0 Å². The van der Waals surface area contributed by atoms with Crippen LogP contribution in [0.5, 0.6) is 0 Å². The third kappa shape index (κ3) is 3.19. The van der Waals surface area contributed by atoms with E-state index in [9.17, 15) is 9.59 Å². The van der Waals surface area contributed by atoms with E-state index in [-0.39, 0.29) is 11.9 Å². The minimum atomic E-state index is 0.0438. The average Bonchev–Trinajstić information content (AvgIpc) is 2.38. The van der Waals surface area contributed by atoms with Crippen LogP contribution in [0, 0.1) is 0 Å². The zero-order chi connectivity index (χ0) is 13.0. The molecule has 0 aliphatic heterocycles. The monoisotopic (exact) mass is 245 g/mol. The third-order valence-electron chi connectivity index (χ3n) is 3.60. The molecular weight excluding hydrogens is 226 g/mol. The lowest BCUT2D eigenvalue weighted by atomic mass is 9.81. The molecule has 2 rings (SSSR count). The third-order valence-corrected chi connectivity index (χ3v) is 3.60. The summed E-state index contributed by atoms with van der Waals surface area (Å²) in [6.07, 6.45) is 5.18. The van der Waals surface area contributed by atoms with Crippen molar-refractivity contribution in [1.82, 2.24) is 5.32 Å². The number of rotatable bonds is 3. The molecule has 1 aliphatic carbocycles. The minimum Gasteiger partial charge on any atom is -0.354 e. The Morgan fingerprint density at radius 3 is 2.94 bits per heavy atom. The number of hydrogen-bond acceptors (Lipinski definition) is 2. The summed E-state index contributed by atoms with van der Waals surface area (Å²) >= 11 is 0. The van der Waals surface area contributed by atoms with Crippen LogP contribution >= 0.6 is 0 Å².